The smallest absolute Gasteiger partial charge is 0.270 e. The molecule has 0 saturated carbocycles. The third-order valence-corrected chi connectivity index (χ3v) is 6.15. The standard InChI is InChI=1S/C18H25N5O2S/c1-11-4-14(22(3)21-11)6-23-7-15-13(9-25-17(15)8-23)5-19-18(24)16-10-26-12(2)20-16/h4,10,13,15,17H,5-9H2,1-3H3,(H,19,24)/t13-,15-,17-/m1/s1. The molecule has 0 aromatic carbocycles. The van der Waals surface area contributed by atoms with Crippen LogP contribution in [0.1, 0.15) is 26.9 Å². The molecule has 26 heavy (non-hydrogen) atoms. The molecular weight excluding hydrogens is 350 g/mol. The molecule has 4 rings (SSSR count). The number of likely N-dealkylation sites (tertiary alicyclic amines) is 1. The van der Waals surface area contributed by atoms with Gasteiger partial charge in [0.15, 0.2) is 0 Å². The number of rotatable bonds is 5. The van der Waals surface area contributed by atoms with Gasteiger partial charge in [0.25, 0.3) is 5.91 Å². The van der Waals surface area contributed by atoms with E-state index in [4.69, 9.17) is 4.74 Å². The molecule has 0 aliphatic carbocycles. The van der Waals surface area contributed by atoms with Crippen LogP contribution in [-0.4, -0.2) is 57.9 Å². The fourth-order valence-electron chi connectivity index (χ4n) is 4.04. The van der Waals surface area contributed by atoms with Gasteiger partial charge in [-0.15, -0.1) is 11.3 Å². The van der Waals surface area contributed by atoms with Crippen molar-refractivity contribution in [2.45, 2.75) is 26.5 Å². The summed E-state index contributed by atoms with van der Waals surface area (Å²) in [5.41, 5.74) is 2.80. The van der Waals surface area contributed by atoms with Crippen molar-refractivity contribution in [2.75, 3.05) is 26.2 Å². The van der Waals surface area contributed by atoms with Crippen molar-refractivity contribution in [1.29, 1.82) is 0 Å². The number of ether oxygens (including phenoxy) is 1. The number of aromatic nitrogens is 3. The minimum Gasteiger partial charge on any atom is -0.376 e. The van der Waals surface area contributed by atoms with E-state index in [1.165, 1.54) is 17.0 Å². The zero-order chi connectivity index (χ0) is 18.3. The number of thiazole rings is 1. The van der Waals surface area contributed by atoms with Crippen LogP contribution < -0.4 is 5.32 Å². The summed E-state index contributed by atoms with van der Waals surface area (Å²) in [5.74, 6) is 0.752. The number of hydrogen-bond acceptors (Lipinski definition) is 6. The molecule has 3 atom stereocenters. The van der Waals surface area contributed by atoms with Gasteiger partial charge in [-0.2, -0.15) is 5.10 Å². The van der Waals surface area contributed by atoms with E-state index < -0.39 is 0 Å². The Morgan fingerprint density at radius 2 is 2.27 bits per heavy atom. The van der Waals surface area contributed by atoms with Gasteiger partial charge in [0.2, 0.25) is 0 Å². The van der Waals surface area contributed by atoms with Gasteiger partial charge < -0.3 is 10.1 Å². The average Bonchev–Trinajstić information content (AvgIpc) is 3.32. The molecule has 2 fully saturated rings. The van der Waals surface area contributed by atoms with Crippen LogP contribution in [0.3, 0.4) is 0 Å². The van der Waals surface area contributed by atoms with Crippen LogP contribution in [0.2, 0.25) is 0 Å². The highest BCUT2D eigenvalue weighted by Gasteiger charge is 2.43. The van der Waals surface area contributed by atoms with Crippen molar-refractivity contribution in [3.05, 3.63) is 33.5 Å². The number of carbonyl (C=O) groups excluding carboxylic acids is 1. The van der Waals surface area contributed by atoms with Crippen molar-refractivity contribution in [3.8, 4) is 0 Å². The van der Waals surface area contributed by atoms with Crippen LogP contribution in [0.15, 0.2) is 11.4 Å². The maximum atomic E-state index is 12.2. The Bertz CT molecular complexity index is 801. The van der Waals surface area contributed by atoms with Gasteiger partial charge in [0.05, 0.1) is 29.1 Å². The Labute approximate surface area is 157 Å². The van der Waals surface area contributed by atoms with Gasteiger partial charge in [-0.1, -0.05) is 0 Å². The van der Waals surface area contributed by atoms with Crippen molar-refractivity contribution in [1.82, 2.24) is 25.0 Å². The zero-order valence-corrected chi connectivity index (χ0v) is 16.3. The van der Waals surface area contributed by atoms with E-state index in [1.54, 1.807) is 0 Å². The highest BCUT2D eigenvalue weighted by Crippen LogP contribution is 2.34. The van der Waals surface area contributed by atoms with E-state index in [1.807, 2.05) is 31.0 Å². The molecule has 8 heteroatoms. The van der Waals surface area contributed by atoms with Crippen LogP contribution in [0, 0.1) is 25.7 Å². The summed E-state index contributed by atoms with van der Waals surface area (Å²) in [7, 11) is 1.99. The lowest BCUT2D eigenvalue weighted by Gasteiger charge is -2.19. The Hall–Kier alpha value is -1.77. The van der Waals surface area contributed by atoms with Gasteiger partial charge in [0.1, 0.15) is 5.69 Å². The topological polar surface area (TPSA) is 72.3 Å². The third kappa shape index (κ3) is 3.54. The van der Waals surface area contributed by atoms with Crippen LogP contribution in [0.4, 0.5) is 0 Å². The van der Waals surface area contributed by atoms with Gasteiger partial charge in [0, 0.05) is 50.4 Å². The predicted molar refractivity (Wildman–Crippen MR) is 99.1 cm³/mol. The second kappa shape index (κ2) is 7.09. The molecule has 0 unspecified atom stereocenters. The second-order valence-corrected chi connectivity index (χ2v) is 8.41. The first-order chi connectivity index (χ1) is 12.5. The molecule has 1 N–H and O–H groups in total. The number of amides is 1. The monoisotopic (exact) mass is 375 g/mol. The predicted octanol–water partition coefficient (Wildman–Crippen LogP) is 1.37. The van der Waals surface area contributed by atoms with Crippen LogP contribution in [-0.2, 0) is 18.3 Å². The minimum atomic E-state index is -0.0852. The van der Waals surface area contributed by atoms with Crippen molar-refractivity contribution < 1.29 is 9.53 Å². The largest absolute Gasteiger partial charge is 0.376 e. The maximum absolute atomic E-state index is 12.2. The lowest BCUT2D eigenvalue weighted by Crippen LogP contribution is -2.34. The minimum absolute atomic E-state index is 0.0852. The summed E-state index contributed by atoms with van der Waals surface area (Å²) in [5, 5.41) is 10.2. The number of fused-ring (bicyclic) bond motifs is 1. The molecule has 2 aliphatic rings. The number of hydrogen-bond donors (Lipinski definition) is 1. The summed E-state index contributed by atoms with van der Waals surface area (Å²) in [6.45, 7) is 8.15. The Morgan fingerprint density at radius 3 is 2.96 bits per heavy atom. The van der Waals surface area contributed by atoms with E-state index in [2.05, 4.69) is 26.4 Å². The molecule has 0 radical (unpaired) electrons. The summed E-state index contributed by atoms with van der Waals surface area (Å²) >= 11 is 1.50. The highest BCUT2D eigenvalue weighted by atomic mass is 32.1. The average molecular weight is 375 g/mol. The van der Waals surface area contributed by atoms with E-state index in [-0.39, 0.29) is 12.0 Å². The Kier molecular flexibility index (Phi) is 4.81. The van der Waals surface area contributed by atoms with Crippen molar-refractivity contribution in [2.24, 2.45) is 18.9 Å². The molecule has 2 aliphatic heterocycles. The number of carbonyl (C=O) groups is 1. The zero-order valence-electron chi connectivity index (χ0n) is 15.4. The van der Waals surface area contributed by atoms with Crippen LogP contribution in [0.5, 0.6) is 0 Å². The van der Waals surface area contributed by atoms with E-state index in [0.717, 1.165) is 36.9 Å². The van der Waals surface area contributed by atoms with Crippen LogP contribution >= 0.6 is 11.3 Å². The molecule has 2 aromatic rings. The molecule has 0 spiro atoms. The molecular formula is C18H25N5O2S. The van der Waals surface area contributed by atoms with Crippen molar-refractivity contribution in [3.63, 3.8) is 0 Å². The van der Waals surface area contributed by atoms with E-state index in [9.17, 15) is 4.79 Å². The SMILES string of the molecule is Cc1cc(CN2C[C@@H]3[C@H](CNC(=O)c4csc(C)n4)CO[C@@H]3C2)n(C)n1. The maximum Gasteiger partial charge on any atom is 0.270 e. The van der Waals surface area contributed by atoms with Gasteiger partial charge in [-0.05, 0) is 19.9 Å². The first kappa shape index (κ1) is 17.6. The van der Waals surface area contributed by atoms with Gasteiger partial charge >= 0.3 is 0 Å². The lowest BCUT2D eigenvalue weighted by molar-refractivity contribution is 0.0899. The summed E-state index contributed by atoms with van der Waals surface area (Å²) < 4.78 is 7.96. The first-order valence-electron chi connectivity index (χ1n) is 9.03. The summed E-state index contributed by atoms with van der Waals surface area (Å²) in [4.78, 5) is 18.9. The Morgan fingerprint density at radius 1 is 1.42 bits per heavy atom. The molecule has 140 valence electrons. The molecule has 2 saturated heterocycles. The van der Waals surface area contributed by atoms with E-state index >= 15 is 0 Å². The summed E-state index contributed by atoms with van der Waals surface area (Å²) in [6.07, 6.45) is 0.271. The molecule has 0 bridgehead atoms. The lowest BCUT2D eigenvalue weighted by atomic mass is 9.93. The molecule has 4 heterocycles. The molecule has 7 nitrogen and oxygen atoms in total. The van der Waals surface area contributed by atoms with E-state index in [0.29, 0.717) is 24.1 Å². The summed E-state index contributed by atoms with van der Waals surface area (Å²) in [6, 6.07) is 2.14. The number of aryl methyl sites for hydroxylation is 3. The molecule has 2 aromatic heterocycles. The third-order valence-electron chi connectivity index (χ3n) is 5.38. The quantitative estimate of drug-likeness (QED) is 0.855. The van der Waals surface area contributed by atoms with Gasteiger partial charge in [-0.3, -0.25) is 14.4 Å². The molecule has 1 amide bonds. The van der Waals surface area contributed by atoms with Gasteiger partial charge in [-0.25, -0.2) is 4.98 Å². The van der Waals surface area contributed by atoms with Crippen LogP contribution in [0.25, 0.3) is 0 Å². The fourth-order valence-corrected chi connectivity index (χ4v) is 4.64. The fraction of sp³-hybridized carbons (Fsp3) is 0.611. The number of nitrogens with one attached hydrogen (secondary N) is 1. The first-order valence-corrected chi connectivity index (χ1v) is 9.91. The van der Waals surface area contributed by atoms with Crippen molar-refractivity contribution >= 4 is 17.2 Å². The second-order valence-electron chi connectivity index (χ2n) is 7.35. The highest BCUT2D eigenvalue weighted by molar-refractivity contribution is 7.09. The number of nitrogens with zero attached hydrogens (tertiary/aromatic N) is 4. The normalized spacial score (nSPS) is 25.6. The Balaban J connectivity index is 1.31.